The lowest BCUT2D eigenvalue weighted by molar-refractivity contribution is -0.384. The Morgan fingerprint density at radius 2 is 1.80 bits per heavy atom. The zero-order valence-electron chi connectivity index (χ0n) is 16.3. The van der Waals surface area contributed by atoms with Gasteiger partial charge in [-0.05, 0) is 37.1 Å². The lowest BCUT2D eigenvalue weighted by Gasteiger charge is -2.22. The molecule has 9 nitrogen and oxygen atoms in total. The quantitative estimate of drug-likeness (QED) is 0.526. The average Bonchev–Trinajstić information content (AvgIpc) is 3.05. The molecule has 2 aromatic carbocycles. The first-order valence-corrected chi connectivity index (χ1v) is 9.86. The van der Waals surface area contributed by atoms with Gasteiger partial charge in [-0.15, -0.1) is 0 Å². The predicted molar refractivity (Wildman–Crippen MR) is 113 cm³/mol. The van der Waals surface area contributed by atoms with Crippen LogP contribution in [-0.4, -0.2) is 33.6 Å². The minimum atomic E-state index is -0.625. The molecule has 1 aliphatic rings. The van der Waals surface area contributed by atoms with Gasteiger partial charge in [0.15, 0.2) is 0 Å². The van der Waals surface area contributed by atoms with Crippen molar-refractivity contribution in [2.75, 3.05) is 23.4 Å². The number of rotatable bonds is 4. The van der Waals surface area contributed by atoms with E-state index >= 15 is 0 Å². The van der Waals surface area contributed by atoms with Crippen molar-refractivity contribution in [3.63, 3.8) is 0 Å². The summed E-state index contributed by atoms with van der Waals surface area (Å²) < 4.78 is 0.985. The molecule has 0 radical (unpaired) electrons. The summed E-state index contributed by atoms with van der Waals surface area (Å²) in [6, 6.07) is 11.2. The smallest absolute Gasteiger partial charge is 0.293 e. The Hall–Kier alpha value is -3.75. The van der Waals surface area contributed by atoms with Crippen LogP contribution in [-0.2, 0) is 0 Å². The van der Waals surface area contributed by atoms with Crippen LogP contribution in [0.5, 0.6) is 0 Å². The third kappa shape index (κ3) is 3.86. The minimum absolute atomic E-state index is 0.0975. The van der Waals surface area contributed by atoms with Crippen molar-refractivity contribution < 1.29 is 9.72 Å². The maximum Gasteiger partial charge on any atom is 0.293 e. The van der Waals surface area contributed by atoms with Crippen molar-refractivity contribution in [3.8, 4) is 0 Å². The van der Waals surface area contributed by atoms with Crippen molar-refractivity contribution >= 4 is 28.2 Å². The number of nitro groups is 1. The molecular formula is C21H21N5O4. The van der Waals surface area contributed by atoms with Crippen LogP contribution in [0.3, 0.4) is 0 Å². The number of carbonyl (C=O) groups is 1. The lowest BCUT2D eigenvalue weighted by Crippen LogP contribution is -2.33. The van der Waals surface area contributed by atoms with Crippen LogP contribution in [0.25, 0.3) is 10.9 Å². The molecule has 1 aromatic heterocycles. The number of aromatic nitrogens is 2. The number of nitro benzene ring substituents is 1. The summed E-state index contributed by atoms with van der Waals surface area (Å²) in [6.45, 7) is 1.51. The Morgan fingerprint density at radius 1 is 1.07 bits per heavy atom. The number of benzene rings is 2. The Balaban J connectivity index is 1.63. The zero-order chi connectivity index (χ0) is 21.1. The number of para-hydroxylation sites is 1. The Labute approximate surface area is 172 Å². The van der Waals surface area contributed by atoms with Crippen molar-refractivity contribution in [1.82, 2.24) is 9.66 Å². The molecule has 1 amide bonds. The second-order valence-corrected chi connectivity index (χ2v) is 7.24. The van der Waals surface area contributed by atoms with E-state index in [-0.39, 0.29) is 11.3 Å². The standard InChI is InChI=1S/C21H21N5O4/c27-20(23-25-14-22-17-8-4-3-7-16(17)21(25)28)15-9-10-18(19(13-15)26(29)30)24-11-5-1-2-6-12-24/h3-4,7-10,13-14H,1-2,5-6,11-12H2,(H,23,27). The number of fused-ring (bicyclic) bond motifs is 1. The van der Waals surface area contributed by atoms with E-state index in [2.05, 4.69) is 10.4 Å². The topological polar surface area (TPSA) is 110 Å². The van der Waals surface area contributed by atoms with Gasteiger partial charge in [-0.2, -0.15) is 0 Å². The minimum Gasteiger partial charge on any atom is -0.366 e. The van der Waals surface area contributed by atoms with Gasteiger partial charge < -0.3 is 4.90 Å². The van der Waals surface area contributed by atoms with E-state index in [1.54, 1.807) is 36.4 Å². The molecule has 0 unspecified atom stereocenters. The zero-order valence-corrected chi connectivity index (χ0v) is 16.3. The molecule has 30 heavy (non-hydrogen) atoms. The van der Waals surface area contributed by atoms with Gasteiger partial charge in [0.25, 0.3) is 17.2 Å². The molecule has 4 rings (SSSR count). The Kier molecular flexibility index (Phi) is 5.42. The molecule has 0 aliphatic carbocycles. The molecule has 1 N–H and O–H groups in total. The third-order valence-corrected chi connectivity index (χ3v) is 5.27. The molecule has 1 aliphatic heterocycles. The van der Waals surface area contributed by atoms with Gasteiger partial charge in [0.2, 0.25) is 0 Å². The predicted octanol–water partition coefficient (Wildman–Crippen LogP) is 3.07. The summed E-state index contributed by atoms with van der Waals surface area (Å²) >= 11 is 0. The van der Waals surface area contributed by atoms with Crippen LogP contribution in [0, 0.1) is 10.1 Å². The van der Waals surface area contributed by atoms with Crippen LogP contribution in [0.1, 0.15) is 36.0 Å². The van der Waals surface area contributed by atoms with Gasteiger partial charge in [-0.1, -0.05) is 25.0 Å². The van der Waals surface area contributed by atoms with Crippen LogP contribution in [0.4, 0.5) is 11.4 Å². The molecule has 154 valence electrons. The second kappa shape index (κ2) is 8.32. The molecule has 0 atom stereocenters. The van der Waals surface area contributed by atoms with Crippen LogP contribution < -0.4 is 15.9 Å². The maximum absolute atomic E-state index is 12.7. The SMILES string of the molecule is O=C(Nn1cnc2ccccc2c1=O)c1ccc(N2CCCCCC2)c([N+](=O)[O-])c1. The molecule has 2 heterocycles. The summed E-state index contributed by atoms with van der Waals surface area (Å²) in [5.41, 5.74) is 3.05. The molecule has 0 bridgehead atoms. The van der Waals surface area contributed by atoms with E-state index < -0.39 is 16.4 Å². The molecule has 3 aromatic rings. The van der Waals surface area contributed by atoms with Crippen molar-refractivity contribution in [2.45, 2.75) is 25.7 Å². The van der Waals surface area contributed by atoms with Gasteiger partial charge in [0, 0.05) is 24.7 Å². The fourth-order valence-electron chi connectivity index (χ4n) is 3.71. The molecule has 0 saturated carbocycles. The number of hydrogen-bond acceptors (Lipinski definition) is 6. The molecule has 0 spiro atoms. The van der Waals surface area contributed by atoms with Gasteiger partial charge in [0.1, 0.15) is 12.0 Å². The highest BCUT2D eigenvalue weighted by Crippen LogP contribution is 2.31. The third-order valence-electron chi connectivity index (χ3n) is 5.27. The fourth-order valence-corrected chi connectivity index (χ4v) is 3.71. The van der Waals surface area contributed by atoms with E-state index in [0.29, 0.717) is 16.6 Å². The first-order valence-electron chi connectivity index (χ1n) is 9.86. The summed E-state index contributed by atoms with van der Waals surface area (Å²) in [5, 5.41) is 12.0. The van der Waals surface area contributed by atoms with Crippen LogP contribution >= 0.6 is 0 Å². The van der Waals surface area contributed by atoms with Crippen LogP contribution in [0.2, 0.25) is 0 Å². The van der Waals surface area contributed by atoms with E-state index in [0.717, 1.165) is 43.4 Å². The Bertz CT molecular complexity index is 1170. The van der Waals surface area contributed by atoms with E-state index in [4.69, 9.17) is 0 Å². The average molecular weight is 407 g/mol. The highest BCUT2D eigenvalue weighted by molar-refractivity contribution is 6.01. The van der Waals surface area contributed by atoms with E-state index in [9.17, 15) is 19.7 Å². The fraction of sp³-hybridized carbons (Fsp3) is 0.286. The number of hydrogen-bond donors (Lipinski definition) is 1. The number of anilines is 1. The second-order valence-electron chi connectivity index (χ2n) is 7.24. The van der Waals surface area contributed by atoms with Gasteiger partial charge in [-0.25, -0.2) is 9.66 Å². The number of carbonyl (C=O) groups excluding carboxylic acids is 1. The van der Waals surface area contributed by atoms with E-state index in [1.807, 2.05) is 4.90 Å². The summed E-state index contributed by atoms with van der Waals surface area (Å²) in [7, 11) is 0. The number of nitrogens with one attached hydrogen (secondary N) is 1. The summed E-state index contributed by atoms with van der Waals surface area (Å²) in [4.78, 5) is 42.6. The highest BCUT2D eigenvalue weighted by Gasteiger charge is 2.23. The maximum atomic E-state index is 12.7. The monoisotopic (exact) mass is 407 g/mol. The normalized spacial score (nSPS) is 14.3. The largest absolute Gasteiger partial charge is 0.366 e. The van der Waals surface area contributed by atoms with Crippen molar-refractivity contribution in [3.05, 3.63) is 74.8 Å². The summed E-state index contributed by atoms with van der Waals surface area (Å²) in [6.07, 6.45) is 5.41. The van der Waals surface area contributed by atoms with Crippen LogP contribution in [0.15, 0.2) is 53.6 Å². The number of amides is 1. The molecule has 9 heteroatoms. The summed E-state index contributed by atoms with van der Waals surface area (Å²) in [5.74, 6) is -0.625. The first-order chi connectivity index (χ1) is 14.5. The first kappa shape index (κ1) is 19.6. The van der Waals surface area contributed by atoms with E-state index in [1.165, 1.54) is 12.4 Å². The molecule has 1 saturated heterocycles. The van der Waals surface area contributed by atoms with Gasteiger partial charge in [0.05, 0.1) is 15.8 Å². The Morgan fingerprint density at radius 3 is 2.53 bits per heavy atom. The lowest BCUT2D eigenvalue weighted by atomic mass is 10.1. The molecular weight excluding hydrogens is 386 g/mol. The van der Waals surface area contributed by atoms with Crippen molar-refractivity contribution in [2.24, 2.45) is 0 Å². The highest BCUT2D eigenvalue weighted by atomic mass is 16.6. The van der Waals surface area contributed by atoms with Gasteiger partial charge in [-0.3, -0.25) is 25.1 Å². The molecule has 1 fully saturated rings. The number of nitrogens with zero attached hydrogens (tertiary/aromatic N) is 4. The van der Waals surface area contributed by atoms with Crippen molar-refractivity contribution in [1.29, 1.82) is 0 Å². The van der Waals surface area contributed by atoms with Gasteiger partial charge >= 0.3 is 0 Å².